The van der Waals surface area contributed by atoms with E-state index in [2.05, 4.69) is 27.4 Å². The standard InChI is InChI=1S/C15H14N4O/c1-19-10-11(9-16-19)13-17-14(20-18-13)15(7-8-15)12-5-3-2-4-6-12/h2-6,9-10H,7-8H2,1H3. The highest BCUT2D eigenvalue weighted by Gasteiger charge is 2.50. The van der Waals surface area contributed by atoms with Gasteiger partial charge in [-0.15, -0.1) is 0 Å². The quantitative estimate of drug-likeness (QED) is 0.731. The summed E-state index contributed by atoms with van der Waals surface area (Å²) >= 11 is 0. The first-order valence-corrected chi connectivity index (χ1v) is 6.67. The molecule has 5 nitrogen and oxygen atoms in total. The first kappa shape index (κ1) is 11.4. The molecule has 0 N–H and O–H groups in total. The molecule has 0 unspecified atom stereocenters. The van der Waals surface area contributed by atoms with Gasteiger partial charge in [0, 0.05) is 13.2 Å². The number of hydrogen-bond acceptors (Lipinski definition) is 4. The monoisotopic (exact) mass is 266 g/mol. The topological polar surface area (TPSA) is 56.7 Å². The molecule has 0 saturated heterocycles. The van der Waals surface area contributed by atoms with Gasteiger partial charge in [0.2, 0.25) is 11.7 Å². The average Bonchev–Trinajstić information content (AvgIpc) is 2.93. The number of hydrogen-bond donors (Lipinski definition) is 0. The molecule has 100 valence electrons. The molecule has 0 radical (unpaired) electrons. The molecule has 0 bridgehead atoms. The molecular formula is C15H14N4O. The van der Waals surface area contributed by atoms with Gasteiger partial charge in [0.05, 0.1) is 17.2 Å². The third kappa shape index (κ3) is 1.66. The highest BCUT2D eigenvalue weighted by molar-refractivity contribution is 5.52. The van der Waals surface area contributed by atoms with Gasteiger partial charge in [-0.3, -0.25) is 4.68 Å². The lowest BCUT2D eigenvalue weighted by Gasteiger charge is -2.09. The maximum absolute atomic E-state index is 5.51. The van der Waals surface area contributed by atoms with Crippen LogP contribution in [0.3, 0.4) is 0 Å². The Morgan fingerprint density at radius 2 is 2.00 bits per heavy atom. The molecule has 1 saturated carbocycles. The van der Waals surface area contributed by atoms with Crippen molar-refractivity contribution in [2.45, 2.75) is 18.3 Å². The second-order valence-electron chi connectivity index (χ2n) is 5.27. The zero-order valence-corrected chi connectivity index (χ0v) is 11.2. The van der Waals surface area contributed by atoms with Gasteiger partial charge in [-0.25, -0.2) is 0 Å². The average molecular weight is 266 g/mol. The van der Waals surface area contributed by atoms with Gasteiger partial charge in [-0.2, -0.15) is 10.1 Å². The summed E-state index contributed by atoms with van der Waals surface area (Å²) in [7, 11) is 1.87. The van der Waals surface area contributed by atoms with Crippen LogP contribution in [0.2, 0.25) is 0 Å². The largest absolute Gasteiger partial charge is 0.338 e. The smallest absolute Gasteiger partial charge is 0.237 e. The minimum absolute atomic E-state index is 0.0747. The van der Waals surface area contributed by atoms with Gasteiger partial charge >= 0.3 is 0 Å². The normalized spacial score (nSPS) is 16.2. The molecule has 20 heavy (non-hydrogen) atoms. The van der Waals surface area contributed by atoms with E-state index in [1.807, 2.05) is 31.4 Å². The summed E-state index contributed by atoms with van der Waals surface area (Å²) in [6, 6.07) is 10.4. The zero-order chi connectivity index (χ0) is 13.6. The maximum Gasteiger partial charge on any atom is 0.237 e. The lowest BCUT2D eigenvalue weighted by atomic mass is 9.96. The van der Waals surface area contributed by atoms with E-state index in [1.165, 1.54) is 5.56 Å². The Hall–Kier alpha value is -2.43. The number of benzene rings is 1. The van der Waals surface area contributed by atoms with Crippen LogP contribution < -0.4 is 0 Å². The maximum atomic E-state index is 5.51. The lowest BCUT2D eigenvalue weighted by molar-refractivity contribution is 0.360. The van der Waals surface area contributed by atoms with Gasteiger partial charge < -0.3 is 4.52 Å². The Bertz CT molecular complexity index is 740. The predicted octanol–water partition coefficient (Wildman–Crippen LogP) is 2.55. The van der Waals surface area contributed by atoms with Crippen LogP contribution in [0.4, 0.5) is 0 Å². The van der Waals surface area contributed by atoms with Crippen molar-refractivity contribution in [3.63, 3.8) is 0 Å². The van der Waals surface area contributed by atoms with Crippen molar-refractivity contribution >= 4 is 0 Å². The summed E-state index contributed by atoms with van der Waals surface area (Å²) in [5.41, 5.74) is 2.06. The van der Waals surface area contributed by atoms with Crippen molar-refractivity contribution in [2.24, 2.45) is 7.05 Å². The fourth-order valence-corrected chi connectivity index (χ4v) is 2.58. The second-order valence-corrected chi connectivity index (χ2v) is 5.27. The lowest BCUT2D eigenvalue weighted by Crippen LogP contribution is -2.08. The summed E-state index contributed by atoms with van der Waals surface area (Å²) in [6.07, 6.45) is 5.75. The van der Waals surface area contributed by atoms with Crippen molar-refractivity contribution in [3.05, 3.63) is 54.2 Å². The molecule has 5 heteroatoms. The molecule has 0 aliphatic heterocycles. The van der Waals surface area contributed by atoms with Gasteiger partial charge in [-0.05, 0) is 18.4 Å². The van der Waals surface area contributed by atoms with Crippen LogP contribution in [0.1, 0.15) is 24.3 Å². The van der Waals surface area contributed by atoms with Crippen molar-refractivity contribution in [1.29, 1.82) is 0 Å². The van der Waals surface area contributed by atoms with Crippen LogP contribution in [0, 0.1) is 0 Å². The van der Waals surface area contributed by atoms with E-state index >= 15 is 0 Å². The van der Waals surface area contributed by atoms with Crippen molar-refractivity contribution in [3.8, 4) is 11.4 Å². The summed E-state index contributed by atoms with van der Waals surface area (Å²) in [6.45, 7) is 0. The van der Waals surface area contributed by atoms with E-state index in [9.17, 15) is 0 Å². The van der Waals surface area contributed by atoms with Crippen LogP contribution in [0.5, 0.6) is 0 Å². The van der Waals surface area contributed by atoms with Crippen LogP contribution in [-0.4, -0.2) is 19.9 Å². The molecule has 1 aliphatic rings. The molecule has 0 atom stereocenters. The number of nitrogens with zero attached hydrogens (tertiary/aromatic N) is 4. The van der Waals surface area contributed by atoms with Crippen LogP contribution in [0.15, 0.2) is 47.2 Å². The summed E-state index contributed by atoms with van der Waals surface area (Å²) in [5.74, 6) is 1.32. The molecule has 1 fully saturated rings. The highest BCUT2D eigenvalue weighted by Crippen LogP contribution is 2.52. The van der Waals surface area contributed by atoms with E-state index in [-0.39, 0.29) is 5.41 Å². The minimum Gasteiger partial charge on any atom is -0.338 e. The molecule has 0 spiro atoms. The Balaban J connectivity index is 1.72. The van der Waals surface area contributed by atoms with E-state index in [4.69, 9.17) is 4.52 Å². The van der Waals surface area contributed by atoms with E-state index in [0.29, 0.717) is 11.7 Å². The number of aromatic nitrogens is 4. The SMILES string of the molecule is Cn1cc(-c2noc(C3(c4ccccc4)CC3)n2)cn1. The summed E-state index contributed by atoms with van der Waals surface area (Å²) in [5, 5.41) is 8.23. The Morgan fingerprint density at radius 3 is 2.65 bits per heavy atom. The molecular weight excluding hydrogens is 252 g/mol. The molecule has 1 aromatic carbocycles. The first-order valence-electron chi connectivity index (χ1n) is 6.67. The van der Waals surface area contributed by atoms with E-state index in [0.717, 1.165) is 18.4 Å². The molecule has 0 amide bonds. The minimum atomic E-state index is -0.0747. The van der Waals surface area contributed by atoms with E-state index in [1.54, 1.807) is 10.9 Å². The Morgan fingerprint density at radius 1 is 1.20 bits per heavy atom. The van der Waals surface area contributed by atoms with Crippen LogP contribution in [0.25, 0.3) is 11.4 Å². The molecule has 2 heterocycles. The van der Waals surface area contributed by atoms with Gasteiger partial charge in [-0.1, -0.05) is 35.5 Å². The van der Waals surface area contributed by atoms with Crippen LogP contribution >= 0.6 is 0 Å². The first-order chi connectivity index (χ1) is 9.78. The van der Waals surface area contributed by atoms with E-state index < -0.39 is 0 Å². The molecule has 3 aromatic rings. The highest BCUT2D eigenvalue weighted by atomic mass is 16.5. The van der Waals surface area contributed by atoms with Crippen molar-refractivity contribution in [1.82, 2.24) is 19.9 Å². The third-order valence-corrected chi connectivity index (χ3v) is 3.87. The fraction of sp³-hybridized carbons (Fsp3) is 0.267. The Kier molecular flexibility index (Phi) is 2.30. The summed E-state index contributed by atoms with van der Waals surface area (Å²) < 4.78 is 7.24. The van der Waals surface area contributed by atoms with Crippen molar-refractivity contribution < 1.29 is 4.52 Å². The van der Waals surface area contributed by atoms with Gasteiger partial charge in [0.1, 0.15) is 0 Å². The predicted molar refractivity (Wildman–Crippen MR) is 73.0 cm³/mol. The van der Waals surface area contributed by atoms with Gasteiger partial charge in [0.15, 0.2) is 0 Å². The third-order valence-electron chi connectivity index (χ3n) is 3.87. The van der Waals surface area contributed by atoms with Gasteiger partial charge in [0.25, 0.3) is 0 Å². The van der Waals surface area contributed by atoms with Crippen LogP contribution in [-0.2, 0) is 12.5 Å². The molecule has 1 aliphatic carbocycles. The second kappa shape index (κ2) is 4.03. The zero-order valence-electron chi connectivity index (χ0n) is 11.2. The molecule has 2 aromatic heterocycles. The molecule has 4 rings (SSSR count). The Labute approximate surface area is 116 Å². The summed E-state index contributed by atoms with van der Waals surface area (Å²) in [4.78, 5) is 4.57. The number of rotatable bonds is 3. The van der Waals surface area contributed by atoms with Crippen molar-refractivity contribution in [2.75, 3.05) is 0 Å². The fourth-order valence-electron chi connectivity index (χ4n) is 2.58. The number of aryl methyl sites for hydroxylation is 1.